The summed E-state index contributed by atoms with van der Waals surface area (Å²) in [5, 5.41) is 0. The Labute approximate surface area is 140 Å². The van der Waals surface area contributed by atoms with Crippen molar-refractivity contribution in [1.29, 1.82) is 0 Å². The van der Waals surface area contributed by atoms with E-state index in [1.165, 1.54) is 12.1 Å². The second-order valence-electron chi connectivity index (χ2n) is 6.90. The molecule has 1 saturated heterocycles. The fraction of sp³-hybridized carbons (Fsp3) is 0.588. The SMILES string of the molecule is CC(C)(C)OC(=O)N1CCN(Cc2ccccc2C(F)(F)F)CC1. The van der Waals surface area contributed by atoms with Crippen LogP contribution < -0.4 is 0 Å². The molecular weight excluding hydrogens is 321 g/mol. The van der Waals surface area contributed by atoms with E-state index in [2.05, 4.69) is 0 Å². The van der Waals surface area contributed by atoms with Gasteiger partial charge in [0.1, 0.15) is 5.60 Å². The highest BCUT2D eigenvalue weighted by atomic mass is 19.4. The van der Waals surface area contributed by atoms with Gasteiger partial charge in [-0.05, 0) is 32.4 Å². The van der Waals surface area contributed by atoms with Gasteiger partial charge in [0.2, 0.25) is 0 Å². The molecule has 1 aromatic carbocycles. The minimum atomic E-state index is -4.35. The van der Waals surface area contributed by atoms with E-state index in [1.54, 1.807) is 31.7 Å². The van der Waals surface area contributed by atoms with Crippen LogP contribution in [0, 0.1) is 0 Å². The first-order valence-corrected chi connectivity index (χ1v) is 7.91. The van der Waals surface area contributed by atoms with Crippen molar-refractivity contribution in [2.75, 3.05) is 26.2 Å². The average Bonchev–Trinajstić information content (AvgIpc) is 2.45. The van der Waals surface area contributed by atoms with Crippen molar-refractivity contribution in [2.45, 2.75) is 39.1 Å². The van der Waals surface area contributed by atoms with E-state index in [0.717, 1.165) is 6.07 Å². The Kier molecular flexibility index (Phi) is 5.42. The van der Waals surface area contributed by atoms with E-state index >= 15 is 0 Å². The summed E-state index contributed by atoms with van der Waals surface area (Å²) in [4.78, 5) is 15.5. The number of hydrogen-bond donors (Lipinski definition) is 0. The second-order valence-corrected chi connectivity index (χ2v) is 6.90. The van der Waals surface area contributed by atoms with E-state index in [9.17, 15) is 18.0 Å². The first-order chi connectivity index (χ1) is 11.1. The van der Waals surface area contributed by atoms with Crippen molar-refractivity contribution >= 4 is 6.09 Å². The lowest BCUT2D eigenvalue weighted by Crippen LogP contribution is -2.49. The topological polar surface area (TPSA) is 32.8 Å². The summed E-state index contributed by atoms with van der Waals surface area (Å²) in [6, 6.07) is 5.61. The standard InChI is InChI=1S/C17H23F3N2O2/c1-16(2,3)24-15(23)22-10-8-21(9-11-22)12-13-6-4-5-7-14(13)17(18,19)20/h4-7H,8-12H2,1-3H3. The lowest BCUT2D eigenvalue weighted by atomic mass is 10.1. The van der Waals surface area contributed by atoms with Crippen molar-refractivity contribution in [3.8, 4) is 0 Å². The van der Waals surface area contributed by atoms with E-state index in [-0.39, 0.29) is 18.2 Å². The van der Waals surface area contributed by atoms with E-state index in [0.29, 0.717) is 26.2 Å². The molecule has 1 fully saturated rings. The van der Waals surface area contributed by atoms with Gasteiger partial charge >= 0.3 is 12.3 Å². The van der Waals surface area contributed by atoms with Crippen molar-refractivity contribution in [2.24, 2.45) is 0 Å². The number of rotatable bonds is 2. The molecule has 2 rings (SSSR count). The zero-order chi connectivity index (χ0) is 18.0. The molecule has 0 unspecified atom stereocenters. The van der Waals surface area contributed by atoms with Gasteiger partial charge in [-0.2, -0.15) is 13.2 Å². The molecular formula is C17H23F3N2O2. The van der Waals surface area contributed by atoms with E-state index in [4.69, 9.17) is 4.74 Å². The zero-order valence-electron chi connectivity index (χ0n) is 14.2. The molecule has 1 aliphatic heterocycles. The highest BCUT2D eigenvalue weighted by molar-refractivity contribution is 5.68. The van der Waals surface area contributed by atoms with Crippen LogP contribution in [0.3, 0.4) is 0 Å². The minimum Gasteiger partial charge on any atom is -0.444 e. The fourth-order valence-electron chi connectivity index (χ4n) is 2.59. The number of carbonyl (C=O) groups is 1. The summed E-state index contributed by atoms with van der Waals surface area (Å²) in [6.45, 7) is 7.56. The predicted octanol–water partition coefficient (Wildman–Crippen LogP) is 3.76. The number of benzene rings is 1. The quantitative estimate of drug-likeness (QED) is 0.819. The van der Waals surface area contributed by atoms with Crippen molar-refractivity contribution in [3.63, 3.8) is 0 Å². The Hall–Kier alpha value is -1.76. The largest absolute Gasteiger partial charge is 0.444 e. The summed E-state index contributed by atoms with van der Waals surface area (Å²) in [5.74, 6) is 0. The molecule has 24 heavy (non-hydrogen) atoms. The zero-order valence-corrected chi connectivity index (χ0v) is 14.2. The van der Waals surface area contributed by atoms with Gasteiger partial charge in [0, 0.05) is 32.7 Å². The molecule has 1 heterocycles. The number of halogens is 3. The van der Waals surface area contributed by atoms with Crippen LogP contribution in [-0.4, -0.2) is 47.7 Å². The molecule has 0 N–H and O–H groups in total. The average molecular weight is 344 g/mol. The summed E-state index contributed by atoms with van der Waals surface area (Å²) >= 11 is 0. The maximum absolute atomic E-state index is 13.0. The maximum Gasteiger partial charge on any atom is 0.416 e. The smallest absolute Gasteiger partial charge is 0.416 e. The molecule has 0 aliphatic carbocycles. The molecule has 7 heteroatoms. The Morgan fingerprint density at radius 1 is 1.08 bits per heavy atom. The molecule has 1 aromatic rings. The molecule has 0 spiro atoms. The number of carbonyl (C=O) groups excluding carboxylic acids is 1. The Morgan fingerprint density at radius 2 is 1.67 bits per heavy atom. The number of amides is 1. The highest BCUT2D eigenvalue weighted by Gasteiger charge is 2.33. The molecule has 0 atom stereocenters. The third kappa shape index (κ3) is 5.12. The number of nitrogens with zero attached hydrogens (tertiary/aromatic N) is 2. The van der Waals surface area contributed by atoms with Gasteiger partial charge in [0.05, 0.1) is 5.56 Å². The molecule has 0 bridgehead atoms. The predicted molar refractivity (Wildman–Crippen MR) is 84.5 cm³/mol. The lowest BCUT2D eigenvalue weighted by molar-refractivity contribution is -0.138. The number of ether oxygens (including phenoxy) is 1. The Bertz CT molecular complexity index is 574. The van der Waals surface area contributed by atoms with Gasteiger partial charge < -0.3 is 9.64 Å². The van der Waals surface area contributed by atoms with Gasteiger partial charge in [0.15, 0.2) is 0 Å². The summed E-state index contributed by atoms with van der Waals surface area (Å²) in [7, 11) is 0. The number of hydrogen-bond acceptors (Lipinski definition) is 3. The second kappa shape index (κ2) is 7.01. The molecule has 0 aromatic heterocycles. The minimum absolute atomic E-state index is 0.220. The van der Waals surface area contributed by atoms with Crippen LogP contribution in [0.4, 0.5) is 18.0 Å². The van der Waals surface area contributed by atoms with E-state index < -0.39 is 17.3 Å². The monoisotopic (exact) mass is 344 g/mol. The van der Waals surface area contributed by atoms with Crippen molar-refractivity contribution in [3.05, 3.63) is 35.4 Å². The molecule has 134 valence electrons. The van der Waals surface area contributed by atoms with Gasteiger partial charge in [-0.3, -0.25) is 4.90 Å². The number of alkyl halides is 3. The lowest BCUT2D eigenvalue weighted by Gasteiger charge is -2.35. The molecule has 4 nitrogen and oxygen atoms in total. The normalized spacial score (nSPS) is 17.0. The van der Waals surface area contributed by atoms with Crippen molar-refractivity contribution in [1.82, 2.24) is 9.80 Å². The van der Waals surface area contributed by atoms with E-state index in [1.807, 2.05) is 4.90 Å². The summed E-state index contributed by atoms with van der Waals surface area (Å²) in [5.41, 5.74) is -0.893. The van der Waals surface area contributed by atoms with Crippen LogP contribution in [0.1, 0.15) is 31.9 Å². The van der Waals surface area contributed by atoms with Crippen LogP contribution in [0.25, 0.3) is 0 Å². The van der Waals surface area contributed by atoms with Gasteiger partial charge in [-0.25, -0.2) is 4.79 Å². The molecule has 0 saturated carbocycles. The third-order valence-electron chi connectivity index (χ3n) is 3.74. The first-order valence-electron chi connectivity index (χ1n) is 7.91. The highest BCUT2D eigenvalue weighted by Crippen LogP contribution is 2.32. The fourth-order valence-corrected chi connectivity index (χ4v) is 2.59. The van der Waals surface area contributed by atoms with Gasteiger partial charge in [-0.1, -0.05) is 18.2 Å². The van der Waals surface area contributed by atoms with Crippen LogP contribution in [0.5, 0.6) is 0 Å². The van der Waals surface area contributed by atoms with Gasteiger partial charge in [0.25, 0.3) is 0 Å². The number of piperazine rings is 1. The van der Waals surface area contributed by atoms with Crippen LogP contribution >= 0.6 is 0 Å². The first kappa shape index (κ1) is 18.6. The molecule has 0 radical (unpaired) electrons. The molecule has 1 aliphatic rings. The third-order valence-corrected chi connectivity index (χ3v) is 3.74. The maximum atomic E-state index is 13.0. The van der Waals surface area contributed by atoms with Crippen LogP contribution in [0.2, 0.25) is 0 Å². The van der Waals surface area contributed by atoms with Gasteiger partial charge in [-0.15, -0.1) is 0 Å². The Morgan fingerprint density at radius 3 is 2.21 bits per heavy atom. The molecule has 1 amide bonds. The summed E-state index contributed by atoms with van der Waals surface area (Å²) < 4.78 is 44.4. The van der Waals surface area contributed by atoms with Crippen LogP contribution in [-0.2, 0) is 17.5 Å². The van der Waals surface area contributed by atoms with Crippen LogP contribution in [0.15, 0.2) is 24.3 Å². The Balaban J connectivity index is 1.94. The summed E-state index contributed by atoms with van der Waals surface area (Å²) in [6.07, 6.45) is -4.73. The van der Waals surface area contributed by atoms with Crippen molar-refractivity contribution < 1.29 is 22.7 Å².